The number of carbonyl (C=O) groups is 1. The summed E-state index contributed by atoms with van der Waals surface area (Å²) in [7, 11) is 0. The molecule has 1 aromatic carbocycles. The largest absolute Gasteiger partial charge is 0.399 e. The van der Waals surface area contributed by atoms with Gasteiger partial charge < -0.3 is 5.73 Å². The number of rotatable bonds is 5. The molecule has 4 heteroatoms. The number of hydrogen-bond acceptors (Lipinski definition) is 3. The van der Waals surface area contributed by atoms with E-state index in [2.05, 4.69) is 18.9 Å². The van der Waals surface area contributed by atoms with Crippen LogP contribution in [0.1, 0.15) is 42.4 Å². The zero-order valence-corrected chi connectivity index (χ0v) is 11.3. The van der Waals surface area contributed by atoms with Crippen molar-refractivity contribution in [3.05, 3.63) is 47.8 Å². The van der Waals surface area contributed by atoms with E-state index in [0.29, 0.717) is 23.7 Å². The molecule has 1 atom stereocenters. The van der Waals surface area contributed by atoms with E-state index in [1.807, 2.05) is 16.9 Å². The van der Waals surface area contributed by atoms with Gasteiger partial charge in [0.1, 0.15) is 0 Å². The smallest absolute Gasteiger partial charge is 0.168 e. The second-order valence-electron chi connectivity index (χ2n) is 4.77. The first-order chi connectivity index (χ1) is 9.10. The van der Waals surface area contributed by atoms with Crippen LogP contribution in [0, 0.1) is 0 Å². The van der Waals surface area contributed by atoms with E-state index in [0.717, 1.165) is 12.1 Å². The highest BCUT2D eigenvalue weighted by Crippen LogP contribution is 2.12. The highest BCUT2D eigenvalue weighted by Gasteiger charge is 2.10. The van der Waals surface area contributed by atoms with Gasteiger partial charge in [0.05, 0.1) is 12.1 Å². The summed E-state index contributed by atoms with van der Waals surface area (Å²) >= 11 is 0. The van der Waals surface area contributed by atoms with Crippen molar-refractivity contribution < 1.29 is 4.79 Å². The van der Waals surface area contributed by atoms with Crippen molar-refractivity contribution in [3.8, 4) is 0 Å². The minimum absolute atomic E-state index is 0.0643. The summed E-state index contributed by atoms with van der Waals surface area (Å²) < 4.78 is 1.91. The van der Waals surface area contributed by atoms with E-state index in [4.69, 9.17) is 5.73 Å². The van der Waals surface area contributed by atoms with E-state index >= 15 is 0 Å². The fourth-order valence-corrected chi connectivity index (χ4v) is 1.84. The van der Waals surface area contributed by atoms with E-state index in [-0.39, 0.29) is 5.78 Å². The standard InChI is InChI=1S/C15H19N3O/c1-3-11(2)18-9-8-14(17-18)10-15(19)12-4-6-13(16)7-5-12/h4-9,11H,3,10,16H2,1-2H3. The van der Waals surface area contributed by atoms with E-state index < -0.39 is 0 Å². The normalized spacial score (nSPS) is 12.3. The molecular weight excluding hydrogens is 238 g/mol. The molecule has 0 radical (unpaired) electrons. The lowest BCUT2D eigenvalue weighted by molar-refractivity contribution is 0.0991. The summed E-state index contributed by atoms with van der Waals surface area (Å²) in [6.45, 7) is 4.23. The molecule has 19 heavy (non-hydrogen) atoms. The van der Waals surface area contributed by atoms with Gasteiger partial charge >= 0.3 is 0 Å². The lowest BCUT2D eigenvalue weighted by Gasteiger charge is -2.08. The van der Waals surface area contributed by atoms with Crippen molar-refractivity contribution in [2.75, 3.05) is 5.73 Å². The fraction of sp³-hybridized carbons (Fsp3) is 0.333. The van der Waals surface area contributed by atoms with Crippen molar-refractivity contribution >= 4 is 11.5 Å². The molecule has 2 rings (SSSR count). The fourth-order valence-electron chi connectivity index (χ4n) is 1.84. The Kier molecular flexibility index (Phi) is 4.00. The molecule has 0 amide bonds. The Hall–Kier alpha value is -2.10. The van der Waals surface area contributed by atoms with Gasteiger partial charge in [-0.05, 0) is 43.7 Å². The first kappa shape index (κ1) is 13.3. The Balaban J connectivity index is 2.06. The van der Waals surface area contributed by atoms with Crippen LogP contribution < -0.4 is 5.73 Å². The molecule has 4 nitrogen and oxygen atoms in total. The lowest BCUT2D eigenvalue weighted by atomic mass is 10.1. The lowest BCUT2D eigenvalue weighted by Crippen LogP contribution is -2.07. The summed E-state index contributed by atoms with van der Waals surface area (Å²) in [6.07, 6.45) is 3.28. The Labute approximate surface area is 113 Å². The highest BCUT2D eigenvalue weighted by molar-refractivity contribution is 5.97. The average Bonchev–Trinajstić information content (AvgIpc) is 2.87. The van der Waals surface area contributed by atoms with Crippen molar-refractivity contribution in [2.24, 2.45) is 0 Å². The molecule has 1 aromatic heterocycles. The second kappa shape index (κ2) is 5.69. The molecule has 0 saturated heterocycles. The summed E-state index contributed by atoms with van der Waals surface area (Å²) in [4.78, 5) is 12.1. The Morgan fingerprint density at radius 2 is 2.00 bits per heavy atom. The van der Waals surface area contributed by atoms with Crippen LogP contribution in [-0.2, 0) is 6.42 Å². The Bertz CT molecular complexity index is 557. The van der Waals surface area contributed by atoms with Crippen LogP contribution in [0.15, 0.2) is 36.5 Å². The minimum atomic E-state index is 0.0643. The number of Topliss-reactive ketones (excluding diaryl/α,β-unsaturated/α-hetero) is 1. The quantitative estimate of drug-likeness (QED) is 0.661. The number of nitrogen functional groups attached to an aromatic ring is 1. The van der Waals surface area contributed by atoms with E-state index in [1.54, 1.807) is 24.3 Å². The van der Waals surface area contributed by atoms with Crippen LogP contribution in [0.25, 0.3) is 0 Å². The van der Waals surface area contributed by atoms with Crippen LogP contribution >= 0.6 is 0 Å². The number of hydrogen-bond donors (Lipinski definition) is 1. The molecule has 0 fully saturated rings. The SMILES string of the molecule is CCC(C)n1ccc(CC(=O)c2ccc(N)cc2)n1. The predicted molar refractivity (Wildman–Crippen MR) is 76.1 cm³/mol. The van der Waals surface area contributed by atoms with Crippen LogP contribution in [0.3, 0.4) is 0 Å². The number of carbonyl (C=O) groups excluding carboxylic acids is 1. The molecule has 2 N–H and O–H groups in total. The molecule has 0 bridgehead atoms. The Morgan fingerprint density at radius 1 is 1.32 bits per heavy atom. The number of ketones is 1. The second-order valence-corrected chi connectivity index (χ2v) is 4.77. The number of benzene rings is 1. The third-order valence-electron chi connectivity index (χ3n) is 3.28. The third kappa shape index (κ3) is 3.22. The number of nitrogens with zero attached hydrogens (tertiary/aromatic N) is 2. The van der Waals surface area contributed by atoms with Gasteiger partial charge in [0, 0.05) is 23.5 Å². The molecule has 0 spiro atoms. The minimum Gasteiger partial charge on any atom is -0.399 e. The van der Waals surface area contributed by atoms with Crippen LogP contribution in [0.2, 0.25) is 0 Å². The number of anilines is 1. The van der Waals surface area contributed by atoms with E-state index in [9.17, 15) is 4.79 Å². The molecule has 1 heterocycles. The van der Waals surface area contributed by atoms with Gasteiger partial charge in [-0.15, -0.1) is 0 Å². The zero-order chi connectivity index (χ0) is 13.8. The van der Waals surface area contributed by atoms with Crippen LogP contribution in [-0.4, -0.2) is 15.6 Å². The molecule has 100 valence electrons. The third-order valence-corrected chi connectivity index (χ3v) is 3.28. The van der Waals surface area contributed by atoms with Crippen molar-refractivity contribution in [2.45, 2.75) is 32.7 Å². The maximum absolute atomic E-state index is 12.1. The van der Waals surface area contributed by atoms with Crippen LogP contribution in [0.4, 0.5) is 5.69 Å². The van der Waals surface area contributed by atoms with Crippen molar-refractivity contribution in [3.63, 3.8) is 0 Å². The average molecular weight is 257 g/mol. The van der Waals surface area contributed by atoms with Gasteiger partial charge in [-0.3, -0.25) is 9.48 Å². The summed E-state index contributed by atoms with van der Waals surface area (Å²) in [5.41, 5.74) is 7.75. The molecule has 0 aliphatic rings. The number of nitrogens with two attached hydrogens (primary N) is 1. The van der Waals surface area contributed by atoms with Crippen molar-refractivity contribution in [1.82, 2.24) is 9.78 Å². The molecule has 1 unspecified atom stereocenters. The molecule has 0 aliphatic heterocycles. The molecule has 2 aromatic rings. The zero-order valence-electron chi connectivity index (χ0n) is 11.3. The summed E-state index contributed by atoms with van der Waals surface area (Å²) in [5, 5.41) is 4.44. The topological polar surface area (TPSA) is 60.9 Å². The van der Waals surface area contributed by atoms with Gasteiger partial charge in [0.15, 0.2) is 5.78 Å². The predicted octanol–water partition coefficient (Wildman–Crippen LogP) is 2.86. The van der Waals surface area contributed by atoms with Crippen LogP contribution in [0.5, 0.6) is 0 Å². The van der Waals surface area contributed by atoms with Gasteiger partial charge in [0.25, 0.3) is 0 Å². The monoisotopic (exact) mass is 257 g/mol. The van der Waals surface area contributed by atoms with Gasteiger partial charge in [0.2, 0.25) is 0 Å². The summed E-state index contributed by atoms with van der Waals surface area (Å²) in [6, 6.07) is 9.25. The maximum Gasteiger partial charge on any atom is 0.168 e. The van der Waals surface area contributed by atoms with E-state index in [1.165, 1.54) is 0 Å². The van der Waals surface area contributed by atoms with Gasteiger partial charge in [-0.2, -0.15) is 5.10 Å². The molecule has 0 aliphatic carbocycles. The van der Waals surface area contributed by atoms with Gasteiger partial charge in [-0.25, -0.2) is 0 Å². The first-order valence-electron chi connectivity index (χ1n) is 6.53. The first-order valence-corrected chi connectivity index (χ1v) is 6.53. The molecular formula is C15H19N3O. The maximum atomic E-state index is 12.1. The summed E-state index contributed by atoms with van der Waals surface area (Å²) in [5.74, 6) is 0.0643. The number of aromatic nitrogens is 2. The van der Waals surface area contributed by atoms with Gasteiger partial charge in [-0.1, -0.05) is 6.92 Å². The molecule has 0 saturated carbocycles. The highest BCUT2D eigenvalue weighted by atomic mass is 16.1. The Morgan fingerprint density at radius 3 is 2.63 bits per heavy atom. The van der Waals surface area contributed by atoms with Crippen molar-refractivity contribution in [1.29, 1.82) is 0 Å².